The van der Waals surface area contributed by atoms with Crippen LogP contribution in [-0.4, -0.2) is 44.8 Å². The van der Waals surface area contributed by atoms with Crippen LogP contribution in [0, 0.1) is 0 Å². The molecule has 1 amide bonds. The van der Waals surface area contributed by atoms with Crippen molar-refractivity contribution in [3.63, 3.8) is 0 Å². The highest BCUT2D eigenvalue weighted by Gasteiger charge is 2.28. The first-order chi connectivity index (χ1) is 17.8. The number of carbonyl (C=O) groups is 1. The van der Waals surface area contributed by atoms with Crippen LogP contribution in [0.15, 0.2) is 83.8 Å². The summed E-state index contributed by atoms with van der Waals surface area (Å²) in [6.45, 7) is 3.08. The fourth-order valence-electron chi connectivity index (χ4n) is 4.16. The fraction of sp³-hybridized carbons (Fsp3) is 0.345. The molecule has 0 heterocycles. The summed E-state index contributed by atoms with van der Waals surface area (Å²) in [5.41, 5.74) is 8.18. The number of carbonyl (C=O) groups excluding carboxylic acids is 1. The minimum atomic E-state index is -3.93. The predicted octanol–water partition coefficient (Wildman–Crippen LogP) is 5.44. The molecule has 0 bridgehead atoms. The van der Waals surface area contributed by atoms with Crippen LogP contribution in [0.2, 0.25) is 5.02 Å². The quantitative estimate of drug-likeness (QED) is 0.266. The Morgan fingerprint density at radius 1 is 0.919 bits per heavy atom. The molecule has 6 nitrogen and oxygen atoms in total. The van der Waals surface area contributed by atoms with Crippen molar-refractivity contribution < 1.29 is 13.2 Å². The lowest BCUT2D eigenvalue weighted by Crippen LogP contribution is -2.42. The maximum atomic E-state index is 13.7. The van der Waals surface area contributed by atoms with E-state index < -0.39 is 10.0 Å². The molecule has 0 unspecified atom stereocenters. The van der Waals surface area contributed by atoms with Crippen LogP contribution < -0.4 is 11.1 Å². The molecular formula is C29H36ClN3O3S. The van der Waals surface area contributed by atoms with Gasteiger partial charge in [-0.2, -0.15) is 4.31 Å². The second-order valence-corrected chi connectivity index (χ2v) is 11.5. The Labute approximate surface area is 225 Å². The molecule has 198 valence electrons. The van der Waals surface area contributed by atoms with Gasteiger partial charge in [-0.3, -0.25) is 4.79 Å². The van der Waals surface area contributed by atoms with Gasteiger partial charge in [0.05, 0.1) is 11.4 Å². The van der Waals surface area contributed by atoms with Crippen molar-refractivity contribution >= 4 is 27.5 Å². The number of benzene rings is 3. The van der Waals surface area contributed by atoms with Gasteiger partial charge in [0.1, 0.15) is 0 Å². The summed E-state index contributed by atoms with van der Waals surface area (Å²) in [6.07, 6.45) is 3.79. The summed E-state index contributed by atoms with van der Waals surface area (Å²) in [4.78, 5) is 12.9. The molecule has 8 heteroatoms. The van der Waals surface area contributed by atoms with Gasteiger partial charge in [0.2, 0.25) is 15.9 Å². The second kappa shape index (κ2) is 14.3. The lowest BCUT2D eigenvalue weighted by atomic mass is 10.0. The highest BCUT2D eigenvalue weighted by atomic mass is 35.5. The van der Waals surface area contributed by atoms with E-state index in [1.165, 1.54) is 4.31 Å². The number of hydrogen-bond donors (Lipinski definition) is 2. The standard InChI is InChI=1S/C29H36ClN3O3S/c1-23(24-11-5-4-6-12-24)21-33(22-29(34)32-20-10-3-2-9-19-31)37(35,36)26-17-15-25(16-18-26)27-13-7-8-14-28(27)30/h4-8,11-18,23H,2-3,9-10,19-22,31H2,1H3,(H,32,34)/t23-/m1/s1. The van der Waals surface area contributed by atoms with Crippen LogP contribution >= 0.6 is 11.6 Å². The van der Waals surface area contributed by atoms with Crippen LogP contribution in [0.4, 0.5) is 0 Å². The molecule has 0 spiro atoms. The second-order valence-electron chi connectivity index (χ2n) is 9.17. The zero-order valence-corrected chi connectivity index (χ0v) is 22.8. The maximum Gasteiger partial charge on any atom is 0.243 e. The highest BCUT2D eigenvalue weighted by molar-refractivity contribution is 7.89. The Morgan fingerprint density at radius 2 is 1.57 bits per heavy atom. The number of unbranched alkanes of at least 4 members (excludes halogenated alkanes) is 3. The molecule has 3 aromatic rings. The summed E-state index contributed by atoms with van der Waals surface area (Å²) in [5, 5.41) is 3.47. The minimum absolute atomic E-state index is 0.0950. The molecule has 3 rings (SSSR count). The van der Waals surface area contributed by atoms with Crippen molar-refractivity contribution in [1.82, 2.24) is 9.62 Å². The average Bonchev–Trinajstić information content (AvgIpc) is 2.91. The molecule has 37 heavy (non-hydrogen) atoms. The topological polar surface area (TPSA) is 92.5 Å². The summed E-state index contributed by atoms with van der Waals surface area (Å²) >= 11 is 6.31. The van der Waals surface area contributed by atoms with E-state index in [0.29, 0.717) is 18.1 Å². The van der Waals surface area contributed by atoms with E-state index in [9.17, 15) is 13.2 Å². The monoisotopic (exact) mass is 541 g/mol. The van der Waals surface area contributed by atoms with E-state index in [-0.39, 0.29) is 29.8 Å². The Bertz CT molecular complexity index is 1230. The van der Waals surface area contributed by atoms with Gasteiger partial charge < -0.3 is 11.1 Å². The van der Waals surface area contributed by atoms with Crippen molar-refractivity contribution in [3.05, 3.63) is 89.4 Å². The van der Waals surface area contributed by atoms with Gasteiger partial charge in [-0.1, -0.05) is 92.0 Å². The largest absolute Gasteiger partial charge is 0.355 e. The predicted molar refractivity (Wildman–Crippen MR) is 151 cm³/mol. The summed E-state index contributed by atoms with van der Waals surface area (Å²) in [6, 6.07) is 23.8. The van der Waals surface area contributed by atoms with Crippen molar-refractivity contribution in [2.75, 3.05) is 26.2 Å². The van der Waals surface area contributed by atoms with Crippen LogP contribution in [0.5, 0.6) is 0 Å². The maximum absolute atomic E-state index is 13.7. The minimum Gasteiger partial charge on any atom is -0.355 e. The molecule has 0 saturated carbocycles. The van der Waals surface area contributed by atoms with E-state index in [1.807, 2.05) is 55.5 Å². The molecule has 0 radical (unpaired) electrons. The number of halogens is 1. The molecule has 0 aliphatic heterocycles. The Balaban J connectivity index is 1.77. The van der Waals surface area contributed by atoms with E-state index >= 15 is 0 Å². The van der Waals surface area contributed by atoms with E-state index in [2.05, 4.69) is 5.32 Å². The first kappa shape index (κ1) is 28.9. The normalized spacial score (nSPS) is 12.4. The van der Waals surface area contributed by atoms with Crippen molar-refractivity contribution in [3.8, 4) is 11.1 Å². The van der Waals surface area contributed by atoms with Gasteiger partial charge in [-0.15, -0.1) is 0 Å². The average molecular weight is 542 g/mol. The first-order valence-electron chi connectivity index (χ1n) is 12.7. The summed E-state index contributed by atoms with van der Waals surface area (Å²) in [5.74, 6) is -0.405. The molecule has 3 N–H and O–H groups in total. The van der Waals surface area contributed by atoms with Gasteiger partial charge >= 0.3 is 0 Å². The molecular weight excluding hydrogens is 506 g/mol. The number of nitrogens with two attached hydrogens (primary N) is 1. The van der Waals surface area contributed by atoms with Crippen LogP contribution in [0.3, 0.4) is 0 Å². The Hall–Kier alpha value is -2.71. The summed E-state index contributed by atoms with van der Waals surface area (Å²) in [7, 11) is -3.93. The summed E-state index contributed by atoms with van der Waals surface area (Å²) < 4.78 is 28.7. The van der Waals surface area contributed by atoms with E-state index in [0.717, 1.165) is 42.4 Å². The van der Waals surface area contributed by atoms with Crippen molar-refractivity contribution in [1.29, 1.82) is 0 Å². The molecule has 0 aliphatic rings. The number of rotatable bonds is 14. The lowest BCUT2D eigenvalue weighted by molar-refractivity contribution is -0.121. The van der Waals surface area contributed by atoms with Crippen LogP contribution in [0.1, 0.15) is 44.1 Å². The lowest BCUT2D eigenvalue weighted by Gasteiger charge is -2.25. The molecule has 1 atom stereocenters. The first-order valence-corrected chi connectivity index (χ1v) is 14.5. The van der Waals surface area contributed by atoms with Gasteiger partial charge in [0.25, 0.3) is 0 Å². The van der Waals surface area contributed by atoms with Crippen LogP contribution in [0.25, 0.3) is 11.1 Å². The molecule has 0 aliphatic carbocycles. The number of nitrogens with one attached hydrogen (secondary N) is 1. The number of nitrogens with zero attached hydrogens (tertiary/aromatic N) is 1. The molecule has 0 aromatic heterocycles. The molecule has 0 fully saturated rings. The van der Waals surface area contributed by atoms with Crippen molar-refractivity contribution in [2.45, 2.75) is 43.4 Å². The van der Waals surface area contributed by atoms with E-state index in [4.69, 9.17) is 17.3 Å². The zero-order valence-electron chi connectivity index (χ0n) is 21.3. The third-order valence-corrected chi connectivity index (χ3v) is 8.45. The van der Waals surface area contributed by atoms with Gasteiger partial charge in [-0.25, -0.2) is 8.42 Å². The third kappa shape index (κ3) is 8.40. The third-order valence-electron chi connectivity index (χ3n) is 6.30. The van der Waals surface area contributed by atoms with Crippen molar-refractivity contribution in [2.24, 2.45) is 5.73 Å². The molecule has 0 saturated heterocycles. The number of hydrogen-bond acceptors (Lipinski definition) is 4. The van der Waals surface area contributed by atoms with Gasteiger partial charge in [0, 0.05) is 23.7 Å². The Kier molecular flexibility index (Phi) is 11.1. The van der Waals surface area contributed by atoms with Gasteiger partial charge in [0.15, 0.2) is 0 Å². The fourth-order valence-corrected chi connectivity index (χ4v) is 5.89. The number of amides is 1. The Morgan fingerprint density at radius 3 is 2.24 bits per heavy atom. The zero-order chi connectivity index (χ0) is 26.7. The number of sulfonamides is 1. The molecule has 3 aromatic carbocycles. The van der Waals surface area contributed by atoms with Crippen LogP contribution in [-0.2, 0) is 14.8 Å². The SMILES string of the molecule is C[C@H](CN(CC(=O)NCCCCCCN)S(=O)(=O)c1ccc(-c2ccccc2Cl)cc1)c1ccccc1. The highest BCUT2D eigenvalue weighted by Crippen LogP contribution is 2.29. The van der Waals surface area contributed by atoms with Gasteiger partial charge in [-0.05, 0) is 54.6 Å². The van der Waals surface area contributed by atoms with E-state index in [1.54, 1.807) is 30.3 Å². The smallest absolute Gasteiger partial charge is 0.243 e.